The first-order valence-corrected chi connectivity index (χ1v) is 5.17. The largest absolute Gasteiger partial charge is 0.416 e. The highest BCUT2D eigenvalue weighted by Crippen LogP contribution is 2.30. The minimum atomic E-state index is 0.456. The highest BCUT2D eigenvalue weighted by molar-refractivity contribution is 7.99. The molecule has 0 atom stereocenters. The summed E-state index contributed by atoms with van der Waals surface area (Å²) in [6.45, 7) is 3.67. The summed E-state index contributed by atoms with van der Waals surface area (Å²) in [4.78, 5) is 4.15. The van der Waals surface area contributed by atoms with Crippen LogP contribution in [-0.4, -0.2) is 15.2 Å². The van der Waals surface area contributed by atoms with Gasteiger partial charge in [-0.15, -0.1) is 10.2 Å². The molecule has 0 amide bonds. The summed E-state index contributed by atoms with van der Waals surface area (Å²) < 4.78 is 5.23. The lowest BCUT2D eigenvalue weighted by molar-refractivity contribution is 0.429. The van der Waals surface area contributed by atoms with Crippen molar-refractivity contribution in [1.29, 1.82) is 0 Å². The number of anilines is 1. The molecule has 0 aliphatic rings. The molecule has 5 nitrogen and oxygen atoms in total. The molecule has 0 aromatic carbocycles. The van der Waals surface area contributed by atoms with Crippen molar-refractivity contribution >= 4 is 17.4 Å². The van der Waals surface area contributed by atoms with Gasteiger partial charge in [0.05, 0.1) is 5.69 Å². The molecule has 2 aromatic rings. The Balaban J connectivity index is 2.28. The van der Waals surface area contributed by atoms with E-state index in [1.807, 2.05) is 13.0 Å². The number of nitrogens with two attached hydrogens (primary N) is 1. The number of nitrogens with zero attached hydrogens (tertiary/aromatic N) is 3. The van der Waals surface area contributed by atoms with E-state index >= 15 is 0 Å². The molecule has 0 bridgehead atoms. The van der Waals surface area contributed by atoms with Gasteiger partial charge >= 0.3 is 0 Å². The Kier molecular flexibility index (Phi) is 2.59. The monoisotopic (exact) mass is 222 g/mol. The van der Waals surface area contributed by atoms with Crippen LogP contribution in [0, 0.1) is 13.8 Å². The maximum Gasteiger partial charge on any atom is 0.283 e. The number of pyridine rings is 1. The number of rotatable bonds is 2. The molecule has 2 aromatic heterocycles. The Morgan fingerprint density at radius 1 is 1.33 bits per heavy atom. The average Bonchev–Trinajstić information content (AvgIpc) is 2.59. The van der Waals surface area contributed by atoms with E-state index in [0.29, 0.717) is 21.8 Å². The van der Waals surface area contributed by atoms with Crippen LogP contribution in [0.15, 0.2) is 26.9 Å². The molecule has 78 valence electrons. The molecule has 0 spiro atoms. The van der Waals surface area contributed by atoms with Gasteiger partial charge in [-0.05, 0) is 30.3 Å². The molecular weight excluding hydrogens is 212 g/mol. The number of hydrogen-bond acceptors (Lipinski definition) is 6. The summed E-state index contributed by atoms with van der Waals surface area (Å²) >= 11 is 1.27. The van der Waals surface area contributed by atoms with Gasteiger partial charge in [0, 0.05) is 13.1 Å². The fraction of sp³-hybridized carbons (Fsp3) is 0.222. The van der Waals surface area contributed by atoms with Gasteiger partial charge in [0.15, 0.2) is 0 Å². The van der Waals surface area contributed by atoms with Gasteiger partial charge < -0.3 is 10.2 Å². The Hall–Kier alpha value is -1.56. The van der Waals surface area contributed by atoms with Crippen molar-refractivity contribution in [2.75, 3.05) is 5.73 Å². The van der Waals surface area contributed by atoms with Gasteiger partial charge in [-0.25, -0.2) is 4.98 Å². The van der Waals surface area contributed by atoms with Crippen LogP contribution in [-0.2, 0) is 0 Å². The van der Waals surface area contributed by atoms with Gasteiger partial charge in [0.1, 0.15) is 5.03 Å². The van der Waals surface area contributed by atoms with Gasteiger partial charge in [-0.3, -0.25) is 0 Å². The number of aromatic nitrogens is 3. The molecule has 6 heteroatoms. The topological polar surface area (TPSA) is 77.8 Å². The van der Waals surface area contributed by atoms with Gasteiger partial charge in [0.2, 0.25) is 5.89 Å². The standard InChI is InChI=1S/C9H10N4OS/c1-5-3-4-11-8(7(5)10)15-9-13-12-6(2)14-9/h3-4H,10H2,1-2H3. The molecule has 0 unspecified atom stereocenters. The molecule has 0 saturated carbocycles. The van der Waals surface area contributed by atoms with Crippen LogP contribution < -0.4 is 5.73 Å². The maximum atomic E-state index is 5.86. The lowest BCUT2D eigenvalue weighted by atomic mass is 10.3. The SMILES string of the molecule is Cc1nnc(Sc2nccc(C)c2N)o1. The zero-order valence-corrected chi connectivity index (χ0v) is 9.21. The van der Waals surface area contributed by atoms with Gasteiger partial charge in [-0.2, -0.15) is 0 Å². The van der Waals surface area contributed by atoms with E-state index in [0.717, 1.165) is 5.56 Å². The summed E-state index contributed by atoms with van der Waals surface area (Å²) in [5.41, 5.74) is 7.50. The number of aryl methyl sites for hydroxylation is 2. The van der Waals surface area contributed by atoms with Crippen LogP contribution in [0.25, 0.3) is 0 Å². The third kappa shape index (κ3) is 2.10. The molecule has 0 fully saturated rings. The van der Waals surface area contributed by atoms with Crippen LogP contribution in [0.4, 0.5) is 5.69 Å². The first-order valence-electron chi connectivity index (χ1n) is 4.36. The van der Waals surface area contributed by atoms with Crippen LogP contribution in [0.5, 0.6) is 0 Å². The molecule has 0 aliphatic heterocycles. The van der Waals surface area contributed by atoms with Crippen molar-refractivity contribution in [3.05, 3.63) is 23.7 Å². The minimum absolute atomic E-state index is 0.456. The van der Waals surface area contributed by atoms with Crippen molar-refractivity contribution < 1.29 is 4.42 Å². The lowest BCUT2D eigenvalue weighted by Gasteiger charge is -2.03. The highest BCUT2D eigenvalue weighted by atomic mass is 32.2. The molecule has 2 rings (SSSR count). The first kappa shape index (κ1) is 9.97. The zero-order valence-electron chi connectivity index (χ0n) is 8.39. The Labute approximate surface area is 91.1 Å². The van der Waals surface area contributed by atoms with E-state index in [9.17, 15) is 0 Å². The van der Waals surface area contributed by atoms with Gasteiger partial charge in [-0.1, -0.05) is 0 Å². The second-order valence-electron chi connectivity index (χ2n) is 3.04. The van der Waals surface area contributed by atoms with Crippen molar-refractivity contribution in [1.82, 2.24) is 15.2 Å². The lowest BCUT2D eigenvalue weighted by Crippen LogP contribution is -1.94. The number of hydrogen-bond donors (Lipinski definition) is 1. The van der Waals surface area contributed by atoms with Crippen molar-refractivity contribution in [3.63, 3.8) is 0 Å². The van der Waals surface area contributed by atoms with Gasteiger partial charge in [0.25, 0.3) is 5.22 Å². The van der Waals surface area contributed by atoms with E-state index in [-0.39, 0.29) is 0 Å². The van der Waals surface area contributed by atoms with Crippen molar-refractivity contribution in [2.24, 2.45) is 0 Å². The molecular formula is C9H10N4OS. The average molecular weight is 222 g/mol. The fourth-order valence-electron chi connectivity index (χ4n) is 1.03. The van der Waals surface area contributed by atoms with Crippen LogP contribution in [0.1, 0.15) is 11.5 Å². The highest BCUT2D eigenvalue weighted by Gasteiger charge is 2.09. The summed E-state index contributed by atoms with van der Waals surface area (Å²) in [6.07, 6.45) is 1.71. The molecule has 2 heterocycles. The molecule has 2 N–H and O–H groups in total. The van der Waals surface area contributed by atoms with E-state index in [1.54, 1.807) is 13.1 Å². The number of nitrogen functional groups attached to an aromatic ring is 1. The van der Waals surface area contributed by atoms with E-state index < -0.39 is 0 Å². The van der Waals surface area contributed by atoms with Crippen LogP contribution in [0.2, 0.25) is 0 Å². The van der Waals surface area contributed by atoms with E-state index in [1.165, 1.54) is 11.8 Å². The Bertz CT molecular complexity index is 483. The molecule has 0 aliphatic carbocycles. The third-order valence-electron chi connectivity index (χ3n) is 1.86. The van der Waals surface area contributed by atoms with Crippen molar-refractivity contribution in [2.45, 2.75) is 24.1 Å². The Morgan fingerprint density at radius 3 is 2.80 bits per heavy atom. The summed E-state index contributed by atoms with van der Waals surface area (Å²) in [7, 11) is 0. The predicted molar refractivity (Wildman–Crippen MR) is 56.5 cm³/mol. The van der Waals surface area contributed by atoms with Crippen molar-refractivity contribution in [3.8, 4) is 0 Å². The van der Waals surface area contributed by atoms with Crippen LogP contribution in [0.3, 0.4) is 0 Å². The Morgan fingerprint density at radius 2 is 2.13 bits per heavy atom. The quantitative estimate of drug-likeness (QED) is 0.835. The molecule has 15 heavy (non-hydrogen) atoms. The summed E-state index contributed by atoms with van der Waals surface area (Å²) in [5, 5.41) is 8.74. The maximum absolute atomic E-state index is 5.86. The second-order valence-corrected chi connectivity index (χ2v) is 3.98. The van der Waals surface area contributed by atoms with Crippen LogP contribution >= 0.6 is 11.8 Å². The smallest absolute Gasteiger partial charge is 0.283 e. The normalized spacial score (nSPS) is 10.5. The molecule has 0 radical (unpaired) electrons. The van der Waals surface area contributed by atoms with E-state index in [4.69, 9.17) is 10.2 Å². The second kappa shape index (κ2) is 3.90. The summed E-state index contributed by atoms with van der Waals surface area (Å²) in [5.74, 6) is 0.531. The minimum Gasteiger partial charge on any atom is -0.416 e. The third-order valence-corrected chi connectivity index (χ3v) is 2.72. The van der Waals surface area contributed by atoms with E-state index in [2.05, 4.69) is 15.2 Å². The zero-order chi connectivity index (χ0) is 10.8. The summed E-state index contributed by atoms with van der Waals surface area (Å²) in [6, 6.07) is 1.86. The fourth-order valence-corrected chi connectivity index (χ4v) is 1.82. The predicted octanol–water partition coefficient (Wildman–Crippen LogP) is 1.81. The molecule has 0 saturated heterocycles. The first-order chi connectivity index (χ1) is 7.16.